The predicted octanol–water partition coefficient (Wildman–Crippen LogP) is 4.34. The Morgan fingerprint density at radius 1 is 0.971 bits per heavy atom. The summed E-state index contributed by atoms with van der Waals surface area (Å²) in [4.78, 5) is 24.1. The Morgan fingerprint density at radius 3 is 2.31 bits per heavy atom. The standard InChI is InChI=1S/C25H25ClN4O4S/c1-17-11-13-22(14-12-17)35(33,34)30(24-10-5-4-9-23(24)26)16-25(32)29-28-18(2)20-7-6-8-21(15-20)27-19(3)31/h4-15H,16H2,1-3H3,(H,27,31)(H,29,32)/b28-18-. The summed E-state index contributed by atoms with van der Waals surface area (Å²) in [6, 6.07) is 19.7. The Bertz CT molecular complexity index is 1370. The highest BCUT2D eigenvalue weighted by Crippen LogP contribution is 2.30. The van der Waals surface area contributed by atoms with Crippen LogP contribution < -0.4 is 15.0 Å². The Hall–Kier alpha value is -3.69. The molecule has 3 aromatic rings. The van der Waals surface area contributed by atoms with Crippen molar-refractivity contribution in [3.63, 3.8) is 0 Å². The lowest BCUT2D eigenvalue weighted by molar-refractivity contribution is -0.119. The monoisotopic (exact) mass is 512 g/mol. The van der Waals surface area contributed by atoms with Crippen molar-refractivity contribution in [2.75, 3.05) is 16.2 Å². The minimum absolute atomic E-state index is 0.0327. The Morgan fingerprint density at radius 2 is 1.66 bits per heavy atom. The van der Waals surface area contributed by atoms with Gasteiger partial charge in [0, 0.05) is 12.6 Å². The van der Waals surface area contributed by atoms with Crippen LogP contribution in [0.15, 0.2) is 82.8 Å². The predicted molar refractivity (Wildman–Crippen MR) is 138 cm³/mol. The molecule has 0 unspecified atom stereocenters. The molecule has 0 fully saturated rings. The molecule has 0 radical (unpaired) electrons. The molecule has 0 bridgehead atoms. The molecule has 2 amide bonds. The SMILES string of the molecule is CC(=O)Nc1cccc(/C(C)=N\NC(=O)CN(c2ccccc2Cl)S(=O)(=O)c2ccc(C)cc2)c1. The van der Waals surface area contributed by atoms with E-state index in [1.54, 1.807) is 61.5 Å². The number of nitrogens with zero attached hydrogens (tertiary/aromatic N) is 2. The zero-order valence-electron chi connectivity index (χ0n) is 19.4. The van der Waals surface area contributed by atoms with Crippen LogP contribution in [0.3, 0.4) is 0 Å². The largest absolute Gasteiger partial charge is 0.326 e. The number of anilines is 2. The van der Waals surface area contributed by atoms with Gasteiger partial charge in [0.05, 0.1) is 21.3 Å². The molecule has 0 atom stereocenters. The molecule has 0 aliphatic carbocycles. The lowest BCUT2D eigenvalue weighted by Gasteiger charge is -2.24. The van der Waals surface area contributed by atoms with Gasteiger partial charge in [-0.05, 0) is 55.8 Å². The number of nitrogens with one attached hydrogen (secondary N) is 2. The molecule has 3 aromatic carbocycles. The lowest BCUT2D eigenvalue weighted by Crippen LogP contribution is -2.40. The quantitative estimate of drug-likeness (QED) is 0.345. The first kappa shape index (κ1) is 25.9. The van der Waals surface area contributed by atoms with E-state index in [-0.39, 0.29) is 21.5 Å². The first-order valence-electron chi connectivity index (χ1n) is 10.6. The van der Waals surface area contributed by atoms with Gasteiger partial charge in [-0.3, -0.25) is 13.9 Å². The number of hydrazone groups is 1. The van der Waals surface area contributed by atoms with Crippen LogP contribution in [0.2, 0.25) is 5.02 Å². The second-order valence-electron chi connectivity index (χ2n) is 7.77. The van der Waals surface area contributed by atoms with Gasteiger partial charge in [0.25, 0.3) is 15.9 Å². The lowest BCUT2D eigenvalue weighted by atomic mass is 10.1. The van der Waals surface area contributed by atoms with Crippen molar-refractivity contribution in [1.82, 2.24) is 5.43 Å². The van der Waals surface area contributed by atoms with Crippen LogP contribution in [-0.4, -0.2) is 32.5 Å². The number of benzene rings is 3. The summed E-state index contributed by atoms with van der Waals surface area (Å²) in [5.41, 5.74) is 5.21. The van der Waals surface area contributed by atoms with E-state index < -0.39 is 22.5 Å². The molecule has 8 nitrogen and oxygen atoms in total. The fourth-order valence-electron chi connectivity index (χ4n) is 3.19. The van der Waals surface area contributed by atoms with Crippen molar-refractivity contribution in [1.29, 1.82) is 0 Å². The van der Waals surface area contributed by atoms with E-state index in [0.29, 0.717) is 17.0 Å². The van der Waals surface area contributed by atoms with E-state index >= 15 is 0 Å². The summed E-state index contributed by atoms with van der Waals surface area (Å²) in [7, 11) is -4.10. The van der Waals surface area contributed by atoms with Crippen LogP contribution in [0.5, 0.6) is 0 Å². The van der Waals surface area contributed by atoms with Crippen molar-refractivity contribution in [3.8, 4) is 0 Å². The summed E-state index contributed by atoms with van der Waals surface area (Å²) < 4.78 is 27.8. The maximum atomic E-state index is 13.4. The van der Waals surface area contributed by atoms with Crippen LogP contribution in [0, 0.1) is 6.92 Å². The van der Waals surface area contributed by atoms with Crippen molar-refractivity contribution < 1.29 is 18.0 Å². The molecule has 2 N–H and O–H groups in total. The molecule has 182 valence electrons. The number of carbonyl (C=O) groups excluding carboxylic acids is 2. The van der Waals surface area contributed by atoms with Gasteiger partial charge in [0.1, 0.15) is 6.54 Å². The number of carbonyl (C=O) groups is 2. The number of amides is 2. The fraction of sp³-hybridized carbons (Fsp3) is 0.160. The molecule has 10 heteroatoms. The average molecular weight is 513 g/mol. The average Bonchev–Trinajstić information content (AvgIpc) is 2.81. The molecule has 0 saturated heterocycles. The maximum absolute atomic E-state index is 13.4. The van der Waals surface area contributed by atoms with Gasteiger partial charge in [-0.1, -0.05) is 53.6 Å². The summed E-state index contributed by atoms with van der Waals surface area (Å²) in [5.74, 6) is -0.863. The van der Waals surface area contributed by atoms with Crippen LogP contribution in [-0.2, 0) is 19.6 Å². The molecule has 0 spiro atoms. The van der Waals surface area contributed by atoms with Gasteiger partial charge >= 0.3 is 0 Å². The number of halogens is 1. The van der Waals surface area contributed by atoms with E-state index in [9.17, 15) is 18.0 Å². The van der Waals surface area contributed by atoms with E-state index in [4.69, 9.17) is 11.6 Å². The van der Waals surface area contributed by atoms with Crippen molar-refractivity contribution in [2.45, 2.75) is 25.7 Å². The first-order chi connectivity index (χ1) is 16.6. The minimum atomic E-state index is -4.10. The van der Waals surface area contributed by atoms with Crippen LogP contribution in [0.4, 0.5) is 11.4 Å². The highest BCUT2D eigenvalue weighted by Gasteiger charge is 2.28. The number of para-hydroxylation sites is 1. The van der Waals surface area contributed by atoms with Crippen LogP contribution in [0.1, 0.15) is 25.0 Å². The van der Waals surface area contributed by atoms with E-state index in [1.807, 2.05) is 6.92 Å². The minimum Gasteiger partial charge on any atom is -0.326 e. The molecule has 0 saturated carbocycles. The van der Waals surface area contributed by atoms with Gasteiger partial charge in [-0.15, -0.1) is 0 Å². The Labute approximate surface area is 209 Å². The highest BCUT2D eigenvalue weighted by atomic mass is 35.5. The van der Waals surface area contributed by atoms with Crippen molar-refractivity contribution >= 4 is 50.5 Å². The first-order valence-corrected chi connectivity index (χ1v) is 12.4. The molecule has 0 aliphatic rings. The van der Waals surface area contributed by atoms with E-state index in [2.05, 4.69) is 15.8 Å². The van der Waals surface area contributed by atoms with Crippen molar-refractivity contribution in [3.05, 3.63) is 88.9 Å². The molecular formula is C25H25ClN4O4S. The van der Waals surface area contributed by atoms with Gasteiger partial charge in [0.2, 0.25) is 5.91 Å². The maximum Gasteiger partial charge on any atom is 0.264 e. The van der Waals surface area contributed by atoms with E-state index in [0.717, 1.165) is 9.87 Å². The molecule has 0 aromatic heterocycles. The van der Waals surface area contributed by atoms with Gasteiger partial charge in [-0.25, -0.2) is 13.8 Å². The second-order valence-corrected chi connectivity index (χ2v) is 10.0. The summed E-state index contributed by atoms with van der Waals surface area (Å²) in [6.07, 6.45) is 0. The number of rotatable bonds is 8. The van der Waals surface area contributed by atoms with Gasteiger partial charge in [-0.2, -0.15) is 5.10 Å². The summed E-state index contributed by atoms with van der Waals surface area (Å²) >= 11 is 6.28. The highest BCUT2D eigenvalue weighted by molar-refractivity contribution is 7.92. The number of aryl methyl sites for hydroxylation is 1. The van der Waals surface area contributed by atoms with Crippen LogP contribution in [0.25, 0.3) is 0 Å². The number of hydrogen-bond acceptors (Lipinski definition) is 5. The normalized spacial score (nSPS) is 11.6. The zero-order valence-corrected chi connectivity index (χ0v) is 21.0. The van der Waals surface area contributed by atoms with Gasteiger partial charge < -0.3 is 5.32 Å². The summed E-state index contributed by atoms with van der Waals surface area (Å²) in [5, 5.41) is 6.97. The topological polar surface area (TPSA) is 108 Å². The third-order valence-electron chi connectivity index (χ3n) is 4.97. The molecular weight excluding hydrogens is 488 g/mol. The molecule has 35 heavy (non-hydrogen) atoms. The second kappa shape index (κ2) is 11.2. The Kier molecular flexibility index (Phi) is 8.26. The Balaban J connectivity index is 1.85. The molecule has 0 heterocycles. The third kappa shape index (κ3) is 6.68. The van der Waals surface area contributed by atoms with Crippen molar-refractivity contribution in [2.24, 2.45) is 5.10 Å². The number of hydrogen-bond donors (Lipinski definition) is 2. The van der Waals surface area contributed by atoms with Crippen LogP contribution >= 0.6 is 11.6 Å². The third-order valence-corrected chi connectivity index (χ3v) is 7.06. The molecule has 0 aliphatic heterocycles. The summed E-state index contributed by atoms with van der Waals surface area (Å²) in [6.45, 7) is 4.40. The zero-order chi connectivity index (χ0) is 25.6. The van der Waals surface area contributed by atoms with E-state index in [1.165, 1.54) is 25.1 Å². The fourth-order valence-corrected chi connectivity index (χ4v) is 4.92. The van der Waals surface area contributed by atoms with Gasteiger partial charge in [0.15, 0.2) is 0 Å². The number of sulfonamides is 1. The smallest absolute Gasteiger partial charge is 0.264 e. The molecule has 3 rings (SSSR count).